The van der Waals surface area contributed by atoms with Gasteiger partial charge < -0.3 is 5.32 Å². The maximum absolute atomic E-state index is 12.3. The van der Waals surface area contributed by atoms with E-state index in [1.807, 2.05) is 0 Å². The quantitative estimate of drug-likeness (QED) is 0.769. The van der Waals surface area contributed by atoms with Crippen molar-refractivity contribution in [3.8, 4) is 0 Å². The Bertz CT molecular complexity index is 456. The SMILES string of the molecule is O=S1(=O)CCNc2cc(CF)ccc21. The molecule has 1 aliphatic heterocycles. The van der Waals surface area contributed by atoms with Crippen LogP contribution in [0.2, 0.25) is 0 Å². The third-order valence-electron chi connectivity index (χ3n) is 2.22. The van der Waals surface area contributed by atoms with E-state index < -0.39 is 16.5 Å². The second-order valence-electron chi connectivity index (χ2n) is 3.21. The van der Waals surface area contributed by atoms with E-state index in [-0.39, 0.29) is 10.6 Å². The van der Waals surface area contributed by atoms with Crippen LogP contribution in [0.5, 0.6) is 0 Å². The Morgan fingerprint density at radius 3 is 2.93 bits per heavy atom. The van der Waals surface area contributed by atoms with Crippen LogP contribution in [0, 0.1) is 0 Å². The molecule has 1 heterocycles. The predicted octanol–water partition coefficient (Wildman–Crippen LogP) is 1.36. The average Bonchev–Trinajstić information content (AvgIpc) is 2.16. The van der Waals surface area contributed by atoms with Gasteiger partial charge in [0.15, 0.2) is 9.84 Å². The lowest BCUT2D eigenvalue weighted by Crippen LogP contribution is -2.23. The van der Waals surface area contributed by atoms with Crippen LogP contribution in [-0.4, -0.2) is 20.7 Å². The number of anilines is 1. The van der Waals surface area contributed by atoms with Crippen molar-refractivity contribution in [2.75, 3.05) is 17.6 Å². The number of hydrogen-bond donors (Lipinski definition) is 1. The molecule has 0 unspecified atom stereocenters. The van der Waals surface area contributed by atoms with Crippen molar-refractivity contribution in [2.24, 2.45) is 0 Å². The smallest absolute Gasteiger partial charge is 0.182 e. The summed E-state index contributed by atoms with van der Waals surface area (Å²) in [6, 6.07) is 4.52. The van der Waals surface area contributed by atoms with Crippen LogP contribution in [0.1, 0.15) is 5.56 Å². The van der Waals surface area contributed by atoms with Crippen LogP contribution >= 0.6 is 0 Å². The standard InChI is InChI=1S/C9H10FNO2S/c10-6-7-1-2-9-8(5-7)11-3-4-14(9,12)13/h1-2,5,11H,3-4,6H2. The van der Waals surface area contributed by atoms with Crippen molar-refractivity contribution in [3.05, 3.63) is 23.8 Å². The Labute approximate surface area is 81.9 Å². The monoisotopic (exact) mass is 215 g/mol. The fourth-order valence-electron chi connectivity index (χ4n) is 1.50. The molecule has 0 radical (unpaired) electrons. The summed E-state index contributed by atoms with van der Waals surface area (Å²) in [7, 11) is -3.15. The number of benzene rings is 1. The second kappa shape index (κ2) is 3.24. The summed E-state index contributed by atoms with van der Waals surface area (Å²) in [6.07, 6.45) is 0. The Kier molecular flexibility index (Phi) is 2.19. The molecule has 1 aliphatic rings. The van der Waals surface area contributed by atoms with Crippen LogP contribution in [0.4, 0.5) is 10.1 Å². The molecule has 2 rings (SSSR count). The molecule has 0 aliphatic carbocycles. The molecule has 0 aromatic heterocycles. The van der Waals surface area contributed by atoms with Crippen LogP contribution in [0.3, 0.4) is 0 Å². The van der Waals surface area contributed by atoms with Gasteiger partial charge in [-0.25, -0.2) is 12.8 Å². The van der Waals surface area contributed by atoms with Gasteiger partial charge in [0.1, 0.15) is 6.67 Å². The van der Waals surface area contributed by atoms with Gasteiger partial charge in [0.25, 0.3) is 0 Å². The summed E-state index contributed by atoms with van der Waals surface area (Å²) in [5.74, 6) is 0.106. The molecule has 1 aromatic rings. The number of halogens is 1. The first-order valence-corrected chi connectivity index (χ1v) is 5.94. The minimum Gasteiger partial charge on any atom is -0.383 e. The van der Waals surface area contributed by atoms with E-state index in [1.165, 1.54) is 12.1 Å². The number of alkyl halides is 1. The van der Waals surface area contributed by atoms with Gasteiger partial charge in [-0.2, -0.15) is 0 Å². The van der Waals surface area contributed by atoms with E-state index in [1.54, 1.807) is 6.07 Å². The number of hydrogen-bond acceptors (Lipinski definition) is 3. The Hall–Kier alpha value is -1.10. The highest BCUT2D eigenvalue weighted by Crippen LogP contribution is 2.27. The van der Waals surface area contributed by atoms with Crippen molar-refractivity contribution >= 4 is 15.5 Å². The lowest BCUT2D eigenvalue weighted by molar-refractivity contribution is 0.485. The van der Waals surface area contributed by atoms with Crippen molar-refractivity contribution < 1.29 is 12.8 Å². The number of rotatable bonds is 1. The van der Waals surface area contributed by atoms with E-state index in [4.69, 9.17) is 0 Å². The summed E-state index contributed by atoms with van der Waals surface area (Å²) in [6.45, 7) is -0.180. The van der Waals surface area contributed by atoms with Gasteiger partial charge in [-0.05, 0) is 17.7 Å². The van der Waals surface area contributed by atoms with Gasteiger partial charge in [0.05, 0.1) is 16.3 Å². The summed E-state index contributed by atoms with van der Waals surface area (Å²) in [5, 5.41) is 2.95. The first kappa shape index (κ1) is 9.45. The molecule has 0 bridgehead atoms. The minimum absolute atomic E-state index is 0.106. The van der Waals surface area contributed by atoms with Crippen molar-refractivity contribution in [2.45, 2.75) is 11.6 Å². The molecular formula is C9H10FNO2S. The zero-order valence-electron chi connectivity index (χ0n) is 7.46. The maximum atomic E-state index is 12.3. The average molecular weight is 215 g/mol. The molecule has 0 spiro atoms. The van der Waals surface area contributed by atoms with Gasteiger partial charge in [0, 0.05) is 6.54 Å². The summed E-state index contributed by atoms with van der Waals surface area (Å²) < 4.78 is 35.4. The Morgan fingerprint density at radius 2 is 2.21 bits per heavy atom. The first-order chi connectivity index (χ1) is 6.63. The highest BCUT2D eigenvalue weighted by molar-refractivity contribution is 7.91. The zero-order valence-corrected chi connectivity index (χ0v) is 8.27. The molecule has 0 saturated heterocycles. The molecule has 1 N–H and O–H groups in total. The third kappa shape index (κ3) is 1.48. The van der Waals surface area contributed by atoms with Gasteiger partial charge >= 0.3 is 0 Å². The second-order valence-corrected chi connectivity index (χ2v) is 5.29. The maximum Gasteiger partial charge on any atom is 0.182 e. The topological polar surface area (TPSA) is 46.2 Å². The summed E-state index contributed by atoms with van der Waals surface area (Å²) in [5.41, 5.74) is 1.01. The summed E-state index contributed by atoms with van der Waals surface area (Å²) in [4.78, 5) is 0.279. The molecule has 14 heavy (non-hydrogen) atoms. The van der Waals surface area contributed by atoms with Gasteiger partial charge in [0.2, 0.25) is 0 Å². The van der Waals surface area contributed by atoms with Gasteiger partial charge in [-0.1, -0.05) is 6.07 Å². The lowest BCUT2D eigenvalue weighted by atomic mass is 10.2. The molecular weight excluding hydrogens is 205 g/mol. The molecule has 0 saturated carbocycles. The molecule has 1 aromatic carbocycles. The highest BCUT2D eigenvalue weighted by Gasteiger charge is 2.22. The molecule has 5 heteroatoms. The zero-order chi connectivity index (χ0) is 10.2. The lowest BCUT2D eigenvalue weighted by Gasteiger charge is -2.18. The molecule has 76 valence electrons. The Balaban J connectivity index is 2.58. The van der Waals surface area contributed by atoms with Crippen LogP contribution in [0.25, 0.3) is 0 Å². The first-order valence-electron chi connectivity index (χ1n) is 4.29. The minimum atomic E-state index is -3.15. The van der Waals surface area contributed by atoms with E-state index in [0.717, 1.165) is 0 Å². The van der Waals surface area contributed by atoms with Crippen molar-refractivity contribution in [3.63, 3.8) is 0 Å². The van der Waals surface area contributed by atoms with Crippen molar-refractivity contribution in [1.29, 1.82) is 0 Å². The van der Waals surface area contributed by atoms with Crippen LogP contribution < -0.4 is 5.32 Å². The van der Waals surface area contributed by atoms with Crippen LogP contribution in [0.15, 0.2) is 23.1 Å². The molecule has 0 amide bonds. The van der Waals surface area contributed by atoms with Gasteiger partial charge in [-0.3, -0.25) is 0 Å². The number of fused-ring (bicyclic) bond motifs is 1. The fourth-order valence-corrected chi connectivity index (χ4v) is 2.83. The van der Waals surface area contributed by atoms with Crippen molar-refractivity contribution in [1.82, 2.24) is 0 Å². The fraction of sp³-hybridized carbons (Fsp3) is 0.333. The number of nitrogens with one attached hydrogen (secondary N) is 1. The predicted molar refractivity (Wildman–Crippen MR) is 51.8 cm³/mol. The summed E-state index contributed by atoms with van der Waals surface area (Å²) >= 11 is 0. The molecule has 3 nitrogen and oxygen atoms in total. The highest BCUT2D eigenvalue weighted by atomic mass is 32.2. The molecule has 0 atom stereocenters. The van der Waals surface area contributed by atoms with E-state index in [2.05, 4.69) is 5.32 Å². The number of sulfone groups is 1. The van der Waals surface area contributed by atoms with E-state index >= 15 is 0 Å². The Morgan fingerprint density at radius 1 is 1.43 bits per heavy atom. The molecule has 0 fully saturated rings. The van der Waals surface area contributed by atoms with Gasteiger partial charge in [-0.15, -0.1) is 0 Å². The normalized spacial score (nSPS) is 18.4. The van der Waals surface area contributed by atoms with Crippen LogP contribution in [-0.2, 0) is 16.5 Å². The third-order valence-corrected chi connectivity index (χ3v) is 3.99. The van der Waals surface area contributed by atoms with E-state index in [0.29, 0.717) is 17.8 Å². The largest absolute Gasteiger partial charge is 0.383 e. The van der Waals surface area contributed by atoms with E-state index in [9.17, 15) is 12.8 Å².